The molecule has 0 atom stereocenters. The van der Waals surface area contributed by atoms with Crippen molar-refractivity contribution in [3.8, 4) is 0 Å². The fourth-order valence-electron chi connectivity index (χ4n) is 0.914. The molecule has 1 amide bonds. The molecule has 0 spiro atoms. The number of rotatable bonds is 2. The summed E-state index contributed by atoms with van der Waals surface area (Å²) in [5.74, 6) is -0.246. The first kappa shape index (κ1) is 17.7. The summed E-state index contributed by atoms with van der Waals surface area (Å²) in [4.78, 5) is 10.4. The zero-order valence-electron chi connectivity index (χ0n) is 8.30. The van der Waals surface area contributed by atoms with Gasteiger partial charge in [-0.05, 0) is 24.3 Å². The Morgan fingerprint density at radius 2 is 1.69 bits per heavy atom. The van der Waals surface area contributed by atoms with Gasteiger partial charge in [0.1, 0.15) is 0 Å². The second-order valence-electron chi connectivity index (χ2n) is 2.68. The topological polar surface area (TPSA) is 115 Å². The van der Waals surface area contributed by atoms with E-state index in [1.807, 2.05) is 0 Å². The van der Waals surface area contributed by atoms with E-state index in [1.165, 1.54) is 31.2 Å². The first-order valence-corrected chi connectivity index (χ1v) is 5.19. The summed E-state index contributed by atoms with van der Waals surface area (Å²) < 4.78 is 29.9. The monoisotopic (exact) mass is 361 g/mol. The van der Waals surface area contributed by atoms with E-state index >= 15 is 0 Å². The van der Waals surface area contributed by atoms with Gasteiger partial charge in [0.25, 0.3) is 10.1 Å². The second kappa shape index (κ2) is 6.78. The smallest absolute Gasteiger partial charge is 0.294 e. The van der Waals surface area contributed by atoms with E-state index in [1.54, 1.807) is 0 Å². The SMILES string of the molecule is CC(=O)Nc1ccc(S(=O)(=O)O)cc1.I.O. The van der Waals surface area contributed by atoms with Gasteiger partial charge < -0.3 is 10.8 Å². The van der Waals surface area contributed by atoms with Gasteiger partial charge in [0, 0.05) is 12.6 Å². The van der Waals surface area contributed by atoms with Crippen LogP contribution in [0.1, 0.15) is 6.92 Å². The quantitative estimate of drug-likeness (QED) is 0.596. The van der Waals surface area contributed by atoms with Crippen molar-refractivity contribution in [2.45, 2.75) is 11.8 Å². The lowest BCUT2D eigenvalue weighted by Crippen LogP contribution is -2.06. The molecule has 0 heterocycles. The highest BCUT2D eigenvalue weighted by Crippen LogP contribution is 2.13. The maximum atomic E-state index is 10.6. The molecule has 4 N–H and O–H groups in total. The molecular weight excluding hydrogens is 349 g/mol. The van der Waals surface area contributed by atoms with Crippen molar-refractivity contribution in [3.05, 3.63) is 24.3 Å². The molecule has 16 heavy (non-hydrogen) atoms. The Morgan fingerprint density at radius 3 is 2.00 bits per heavy atom. The number of benzene rings is 1. The van der Waals surface area contributed by atoms with Crippen LogP contribution < -0.4 is 5.32 Å². The minimum Gasteiger partial charge on any atom is -0.412 e. The number of halogens is 1. The Kier molecular flexibility index (Phi) is 7.49. The number of hydrogen-bond acceptors (Lipinski definition) is 3. The summed E-state index contributed by atoms with van der Waals surface area (Å²) in [7, 11) is -4.16. The van der Waals surface area contributed by atoms with Gasteiger partial charge in [0.15, 0.2) is 0 Å². The summed E-state index contributed by atoms with van der Waals surface area (Å²) in [6.45, 7) is 1.34. The van der Waals surface area contributed by atoms with E-state index in [0.29, 0.717) is 5.69 Å². The van der Waals surface area contributed by atoms with Gasteiger partial charge in [-0.1, -0.05) is 0 Å². The van der Waals surface area contributed by atoms with E-state index in [2.05, 4.69) is 5.32 Å². The van der Waals surface area contributed by atoms with Crippen molar-refractivity contribution in [2.24, 2.45) is 0 Å². The van der Waals surface area contributed by atoms with E-state index in [0.717, 1.165) is 0 Å². The highest BCUT2D eigenvalue weighted by atomic mass is 127. The number of carbonyl (C=O) groups is 1. The van der Waals surface area contributed by atoms with Crippen molar-refractivity contribution >= 4 is 45.7 Å². The van der Waals surface area contributed by atoms with Crippen LogP contribution in [0.4, 0.5) is 5.69 Å². The molecule has 1 aromatic rings. The van der Waals surface area contributed by atoms with Gasteiger partial charge in [-0.3, -0.25) is 9.35 Å². The second-order valence-corrected chi connectivity index (χ2v) is 4.10. The third-order valence-corrected chi connectivity index (χ3v) is 2.34. The summed E-state index contributed by atoms with van der Waals surface area (Å²) in [6, 6.07) is 5.20. The Hall–Kier alpha value is -0.710. The molecule has 0 saturated carbocycles. The van der Waals surface area contributed by atoms with Gasteiger partial charge in [0.2, 0.25) is 5.91 Å². The highest BCUT2D eigenvalue weighted by Gasteiger charge is 2.08. The molecule has 0 aliphatic heterocycles. The number of amides is 1. The van der Waals surface area contributed by atoms with Crippen LogP contribution in [0.5, 0.6) is 0 Å². The van der Waals surface area contributed by atoms with Crippen LogP contribution >= 0.6 is 24.0 Å². The molecule has 6 nitrogen and oxygen atoms in total. The molecule has 0 fully saturated rings. The molecule has 92 valence electrons. The highest BCUT2D eigenvalue weighted by molar-refractivity contribution is 14.0. The van der Waals surface area contributed by atoms with Gasteiger partial charge in [0.05, 0.1) is 4.90 Å². The lowest BCUT2D eigenvalue weighted by Gasteiger charge is -2.01. The first-order valence-electron chi connectivity index (χ1n) is 3.75. The molecule has 0 unspecified atom stereocenters. The average molecular weight is 361 g/mol. The molecule has 0 aromatic heterocycles. The Morgan fingerprint density at radius 1 is 1.25 bits per heavy atom. The number of anilines is 1. The zero-order chi connectivity index (χ0) is 10.8. The fourth-order valence-corrected chi connectivity index (χ4v) is 1.39. The lowest BCUT2D eigenvalue weighted by molar-refractivity contribution is -0.114. The molecule has 1 rings (SSSR count). The van der Waals surface area contributed by atoms with Crippen molar-refractivity contribution < 1.29 is 23.2 Å². The standard InChI is InChI=1S/C8H9NO4S.HI.H2O/c1-6(10)9-7-2-4-8(5-3-7)14(11,12)13;;/h2-5H,1H3,(H,9,10)(H,11,12,13);1H;1H2. The number of nitrogens with one attached hydrogen (secondary N) is 1. The average Bonchev–Trinajstić information content (AvgIpc) is 2.02. The van der Waals surface area contributed by atoms with Crippen LogP contribution in [-0.4, -0.2) is 24.4 Å². The number of carbonyl (C=O) groups excluding carboxylic acids is 1. The first-order chi connectivity index (χ1) is 6.39. The molecular formula is C8H12INO5S. The van der Waals surface area contributed by atoms with Crippen LogP contribution in [-0.2, 0) is 14.9 Å². The molecule has 1 aromatic carbocycles. The van der Waals surface area contributed by atoms with E-state index in [9.17, 15) is 13.2 Å². The van der Waals surface area contributed by atoms with E-state index in [4.69, 9.17) is 4.55 Å². The van der Waals surface area contributed by atoms with Crippen molar-refractivity contribution in [1.82, 2.24) is 0 Å². The minimum atomic E-state index is -4.16. The predicted molar refractivity (Wildman–Crippen MR) is 69.6 cm³/mol. The van der Waals surface area contributed by atoms with Gasteiger partial charge in [-0.15, -0.1) is 24.0 Å². The molecule has 0 aliphatic carbocycles. The lowest BCUT2D eigenvalue weighted by atomic mass is 10.3. The largest absolute Gasteiger partial charge is 0.412 e. The summed E-state index contributed by atoms with van der Waals surface area (Å²) in [5, 5.41) is 2.47. The maximum Gasteiger partial charge on any atom is 0.294 e. The van der Waals surface area contributed by atoms with Gasteiger partial charge in [-0.25, -0.2) is 0 Å². The molecule has 8 heteroatoms. The van der Waals surface area contributed by atoms with E-state index in [-0.39, 0.29) is 40.3 Å². The normalized spacial score (nSPS) is 9.62. The van der Waals surface area contributed by atoms with Gasteiger partial charge in [-0.2, -0.15) is 8.42 Å². The van der Waals surface area contributed by atoms with Crippen molar-refractivity contribution in [2.75, 3.05) is 5.32 Å². The fraction of sp³-hybridized carbons (Fsp3) is 0.125. The number of hydrogen-bond donors (Lipinski definition) is 2. The van der Waals surface area contributed by atoms with Crippen molar-refractivity contribution in [1.29, 1.82) is 0 Å². The molecule has 0 radical (unpaired) electrons. The van der Waals surface area contributed by atoms with Crippen molar-refractivity contribution in [3.63, 3.8) is 0 Å². The predicted octanol–water partition coefficient (Wildman–Crippen LogP) is 0.685. The Balaban J connectivity index is 0. The van der Waals surface area contributed by atoms with Gasteiger partial charge >= 0.3 is 0 Å². The van der Waals surface area contributed by atoms with Crippen LogP contribution in [0.15, 0.2) is 29.2 Å². The molecule has 0 bridgehead atoms. The van der Waals surface area contributed by atoms with E-state index < -0.39 is 10.1 Å². The van der Waals surface area contributed by atoms with Crippen LogP contribution in [0, 0.1) is 0 Å². The summed E-state index contributed by atoms with van der Waals surface area (Å²) in [5.41, 5.74) is 0.477. The van der Waals surface area contributed by atoms with Crippen LogP contribution in [0.3, 0.4) is 0 Å². The summed E-state index contributed by atoms with van der Waals surface area (Å²) >= 11 is 0. The van der Waals surface area contributed by atoms with Crippen LogP contribution in [0.25, 0.3) is 0 Å². The zero-order valence-corrected chi connectivity index (χ0v) is 11.4. The van der Waals surface area contributed by atoms with Crippen LogP contribution in [0.2, 0.25) is 0 Å². The summed E-state index contributed by atoms with van der Waals surface area (Å²) in [6.07, 6.45) is 0. The minimum absolute atomic E-state index is 0. The third-order valence-electron chi connectivity index (χ3n) is 1.47. The molecule has 0 aliphatic rings. The maximum absolute atomic E-state index is 10.6. The Bertz CT molecular complexity index is 442. The third kappa shape index (κ3) is 5.39. The molecule has 0 saturated heterocycles. The Labute approximate surface area is 110 Å².